The van der Waals surface area contributed by atoms with Crippen molar-refractivity contribution >= 4 is 15.9 Å². The van der Waals surface area contributed by atoms with E-state index in [9.17, 15) is 0 Å². The first-order valence-corrected chi connectivity index (χ1v) is 8.71. The summed E-state index contributed by atoms with van der Waals surface area (Å²) in [5, 5.41) is 0. The van der Waals surface area contributed by atoms with E-state index < -0.39 is 0 Å². The summed E-state index contributed by atoms with van der Waals surface area (Å²) in [5.41, 5.74) is 2.66. The minimum absolute atomic E-state index is 0.138. The highest BCUT2D eigenvalue weighted by Crippen LogP contribution is 2.21. The molecule has 1 aromatic carbocycles. The molecule has 116 valence electrons. The van der Waals surface area contributed by atoms with Gasteiger partial charge in [-0.3, -0.25) is 0 Å². The molecular weight excluding hydrogens is 324 g/mol. The first kappa shape index (κ1) is 18.2. The topological polar surface area (TPSA) is 9.23 Å². The van der Waals surface area contributed by atoms with Gasteiger partial charge in [0.1, 0.15) is 0 Å². The van der Waals surface area contributed by atoms with Gasteiger partial charge in [0.25, 0.3) is 0 Å². The van der Waals surface area contributed by atoms with Crippen LogP contribution < -0.4 is 0 Å². The van der Waals surface area contributed by atoms with Crippen molar-refractivity contribution in [1.82, 2.24) is 0 Å². The number of unbranched alkanes of at least 4 members (excludes halogenated alkanes) is 4. The predicted octanol–water partition coefficient (Wildman–Crippen LogP) is 6.35. The van der Waals surface area contributed by atoms with Gasteiger partial charge in [0.05, 0.1) is 6.10 Å². The number of benzene rings is 1. The van der Waals surface area contributed by atoms with E-state index in [-0.39, 0.29) is 6.10 Å². The average molecular weight is 351 g/mol. The van der Waals surface area contributed by atoms with E-state index >= 15 is 0 Å². The highest BCUT2D eigenvalue weighted by atomic mass is 79.9. The van der Waals surface area contributed by atoms with Crippen molar-refractivity contribution in [2.45, 2.75) is 51.0 Å². The van der Waals surface area contributed by atoms with Gasteiger partial charge in [-0.15, -0.1) is 6.58 Å². The van der Waals surface area contributed by atoms with Crippen molar-refractivity contribution in [2.75, 3.05) is 7.11 Å². The van der Waals surface area contributed by atoms with Gasteiger partial charge in [0.2, 0.25) is 0 Å². The van der Waals surface area contributed by atoms with Crippen molar-refractivity contribution < 1.29 is 4.74 Å². The van der Waals surface area contributed by atoms with Crippen molar-refractivity contribution in [3.8, 4) is 0 Å². The monoisotopic (exact) mass is 350 g/mol. The lowest BCUT2D eigenvalue weighted by Gasteiger charge is -2.14. The van der Waals surface area contributed by atoms with Crippen molar-refractivity contribution in [1.29, 1.82) is 0 Å². The Hall–Kier alpha value is -0.860. The van der Waals surface area contributed by atoms with Gasteiger partial charge in [-0.1, -0.05) is 65.2 Å². The number of methoxy groups -OCH3 is 1. The molecule has 1 rings (SSSR count). The summed E-state index contributed by atoms with van der Waals surface area (Å²) in [4.78, 5) is 1.95. The quantitative estimate of drug-likeness (QED) is 0.333. The number of rotatable bonds is 11. The van der Waals surface area contributed by atoms with E-state index in [2.05, 4.69) is 52.9 Å². The largest absolute Gasteiger partial charge is 0.376 e. The number of aryl methyl sites for hydroxylation is 1. The fraction of sp³-hybridized carbons (Fsp3) is 0.474. The van der Waals surface area contributed by atoms with Gasteiger partial charge >= 0.3 is 0 Å². The molecular formula is C19H27BrO. The Morgan fingerprint density at radius 2 is 1.86 bits per heavy atom. The maximum Gasteiger partial charge on any atom is 0.0855 e. The van der Waals surface area contributed by atoms with Gasteiger partial charge in [-0.2, -0.15) is 0 Å². The Morgan fingerprint density at radius 3 is 2.48 bits per heavy atom. The molecule has 0 aliphatic heterocycles. The van der Waals surface area contributed by atoms with Crippen LogP contribution in [0.3, 0.4) is 0 Å². The molecule has 0 heterocycles. The van der Waals surface area contributed by atoms with Crippen molar-refractivity contribution in [3.05, 3.63) is 59.1 Å². The Bertz CT molecular complexity index is 408. The zero-order chi connectivity index (χ0) is 15.3. The summed E-state index contributed by atoms with van der Waals surface area (Å²) in [6.07, 6.45) is 12.6. The Morgan fingerprint density at radius 1 is 1.14 bits per heavy atom. The molecule has 0 amide bonds. The highest BCUT2D eigenvalue weighted by Gasteiger charge is 2.07. The summed E-state index contributed by atoms with van der Waals surface area (Å²) in [7, 11) is 1.76. The van der Waals surface area contributed by atoms with Crippen molar-refractivity contribution in [3.63, 3.8) is 0 Å². The second-order valence-corrected chi connectivity index (χ2v) is 5.83. The molecule has 0 spiro atoms. The van der Waals surface area contributed by atoms with Gasteiger partial charge in [0.15, 0.2) is 0 Å². The molecule has 0 fully saturated rings. The van der Waals surface area contributed by atoms with Crippen molar-refractivity contribution in [2.24, 2.45) is 0 Å². The second kappa shape index (κ2) is 11.8. The average Bonchev–Trinajstić information content (AvgIpc) is 2.52. The number of hydrogen-bond acceptors (Lipinski definition) is 1. The normalized spacial score (nSPS) is 12.7. The van der Waals surface area contributed by atoms with E-state index in [1.165, 1.54) is 49.7 Å². The fourth-order valence-corrected chi connectivity index (χ4v) is 2.69. The van der Waals surface area contributed by atoms with E-state index in [0.29, 0.717) is 0 Å². The van der Waals surface area contributed by atoms with Crippen LogP contribution in [0.15, 0.2) is 48.0 Å². The third kappa shape index (κ3) is 7.63. The predicted molar refractivity (Wildman–Crippen MR) is 95.9 cm³/mol. The minimum atomic E-state index is 0.138. The van der Waals surface area contributed by atoms with Gasteiger partial charge in [-0.25, -0.2) is 0 Å². The van der Waals surface area contributed by atoms with Crippen LogP contribution in [0.1, 0.15) is 55.8 Å². The zero-order valence-electron chi connectivity index (χ0n) is 13.1. The smallest absolute Gasteiger partial charge is 0.0855 e. The number of allylic oxidation sites excluding steroid dienone is 1. The van der Waals surface area contributed by atoms with Crippen LogP contribution in [0.25, 0.3) is 0 Å². The lowest BCUT2D eigenvalue weighted by molar-refractivity contribution is 0.106. The van der Waals surface area contributed by atoms with Crippen LogP contribution in [0.5, 0.6) is 0 Å². The summed E-state index contributed by atoms with van der Waals surface area (Å²) in [6.45, 7) is 3.78. The van der Waals surface area contributed by atoms with Gasteiger partial charge < -0.3 is 4.74 Å². The summed E-state index contributed by atoms with van der Waals surface area (Å²) >= 11 is 3.30. The van der Waals surface area contributed by atoms with Crippen LogP contribution in [0.4, 0.5) is 0 Å². The summed E-state index contributed by atoms with van der Waals surface area (Å²) < 4.78 is 5.48. The molecule has 0 bridgehead atoms. The van der Waals surface area contributed by atoms with Gasteiger partial charge in [-0.05, 0) is 48.2 Å². The maximum atomic E-state index is 5.48. The second-order valence-electron chi connectivity index (χ2n) is 5.30. The summed E-state index contributed by atoms with van der Waals surface area (Å²) in [5.74, 6) is 0. The SMILES string of the molecule is C=CCC(OC)c1ccc(CCCCCC/C=C/Br)cc1. The Kier molecular flexibility index (Phi) is 10.2. The maximum absolute atomic E-state index is 5.48. The molecule has 0 saturated carbocycles. The zero-order valence-corrected chi connectivity index (χ0v) is 14.6. The van der Waals surface area contributed by atoms with E-state index in [1.54, 1.807) is 7.11 Å². The van der Waals surface area contributed by atoms with E-state index in [4.69, 9.17) is 4.74 Å². The lowest BCUT2D eigenvalue weighted by atomic mass is 10.0. The fourth-order valence-electron chi connectivity index (χ4n) is 2.43. The van der Waals surface area contributed by atoms with Gasteiger partial charge in [0, 0.05) is 7.11 Å². The van der Waals surface area contributed by atoms with Crippen LogP contribution >= 0.6 is 15.9 Å². The number of hydrogen-bond donors (Lipinski definition) is 0. The van der Waals surface area contributed by atoms with Crippen LogP contribution in [-0.2, 0) is 11.2 Å². The number of halogens is 1. The highest BCUT2D eigenvalue weighted by molar-refractivity contribution is 9.11. The standard InChI is InChI=1S/C19H27BrO/c1-3-10-19(21-2)18-14-12-17(13-15-18)11-8-6-4-5-7-9-16-20/h3,9,12-16,19H,1,4-8,10-11H2,2H3/b16-9+. The molecule has 0 radical (unpaired) electrons. The third-order valence-corrected chi connectivity index (χ3v) is 4.07. The minimum Gasteiger partial charge on any atom is -0.376 e. The molecule has 1 atom stereocenters. The number of ether oxygens (including phenoxy) is 1. The molecule has 0 N–H and O–H groups in total. The third-order valence-electron chi connectivity index (χ3n) is 3.69. The van der Waals surface area contributed by atoms with Crippen LogP contribution in [-0.4, -0.2) is 7.11 Å². The van der Waals surface area contributed by atoms with E-state index in [0.717, 1.165) is 6.42 Å². The first-order chi connectivity index (χ1) is 10.3. The molecule has 0 saturated heterocycles. The Balaban J connectivity index is 2.29. The van der Waals surface area contributed by atoms with Crippen LogP contribution in [0.2, 0.25) is 0 Å². The van der Waals surface area contributed by atoms with E-state index in [1.807, 2.05) is 11.1 Å². The molecule has 0 aliphatic rings. The molecule has 0 aliphatic carbocycles. The molecule has 21 heavy (non-hydrogen) atoms. The molecule has 1 aromatic rings. The first-order valence-electron chi connectivity index (χ1n) is 7.79. The molecule has 1 unspecified atom stereocenters. The molecule has 0 aromatic heterocycles. The Labute approximate surface area is 138 Å². The van der Waals surface area contributed by atoms with Crippen LogP contribution in [0, 0.1) is 0 Å². The summed E-state index contributed by atoms with van der Waals surface area (Å²) in [6, 6.07) is 8.84. The molecule has 2 heteroatoms. The lowest BCUT2D eigenvalue weighted by Crippen LogP contribution is -2.00. The molecule has 1 nitrogen and oxygen atoms in total.